The Morgan fingerprint density at radius 2 is 1.96 bits per heavy atom. The van der Waals surface area contributed by atoms with Crippen LogP contribution in [0.15, 0.2) is 52.8 Å². The van der Waals surface area contributed by atoms with Gasteiger partial charge in [-0.3, -0.25) is 4.99 Å². The molecule has 0 radical (unpaired) electrons. The lowest BCUT2D eigenvalue weighted by Gasteiger charge is -2.33. The predicted octanol–water partition coefficient (Wildman–Crippen LogP) is 2.73. The lowest BCUT2D eigenvalue weighted by molar-refractivity contribution is 0.698. The summed E-state index contributed by atoms with van der Waals surface area (Å²) in [5.74, 6) is 1.08. The molecule has 2 aliphatic heterocycles. The summed E-state index contributed by atoms with van der Waals surface area (Å²) in [6.07, 6.45) is 7.49. The largest absolute Gasteiger partial charge is 0.378 e. The minimum Gasteiger partial charge on any atom is -0.378 e. The lowest BCUT2D eigenvalue weighted by atomic mass is 9.99. The average Bonchev–Trinajstić information content (AvgIpc) is 2.65. The molecule has 5 nitrogen and oxygen atoms in total. The molecule has 0 atom stereocenters. The van der Waals surface area contributed by atoms with E-state index in [2.05, 4.69) is 71.1 Å². The third kappa shape index (κ3) is 4.04. The molecule has 2 aliphatic rings. The number of anilines is 2. The van der Waals surface area contributed by atoms with Gasteiger partial charge in [-0.05, 0) is 50.7 Å². The van der Waals surface area contributed by atoms with Crippen LogP contribution in [0.5, 0.6) is 0 Å². The predicted molar refractivity (Wildman–Crippen MR) is 107 cm³/mol. The van der Waals surface area contributed by atoms with E-state index in [0.717, 1.165) is 44.7 Å². The van der Waals surface area contributed by atoms with E-state index in [1.807, 2.05) is 7.05 Å². The van der Waals surface area contributed by atoms with Gasteiger partial charge >= 0.3 is 0 Å². The topological polar surface area (TPSA) is 42.9 Å². The molecule has 0 amide bonds. The van der Waals surface area contributed by atoms with Gasteiger partial charge < -0.3 is 20.4 Å². The molecule has 134 valence electrons. The molecule has 0 fully saturated rings. The van der Waals surface area contributed by atoms with E-state index < -0.39 is 0 Å². The van der Waals surface area contributed by atoms with Crippen LogP contribution < -0.4 is 20.4 Å². The molecular formula is C20H29N5. The van der Waals surface area contributed by atoms with Gasteiger partial charge in [-0.25, -0.2) is 0 Å². The molecule has 5 heteroatoms. The number of allylic oxidation sites excluding steroid dienone is 1. The molecule has 2 N–H and O–H groups in total. The molecule has 0 unspecified atom stereocenters. The van der Waals surface area contributed by atoms with Gasteiger partial charge in [0.1, 0.15) is 5.84 Å². The number of dihydropyridines is 1. The Morgan fingerprint density at radius 1 is 1.16 bits per heavy atom. The molecule has 2 heterocycles. The van der Waals surface area contributed by atoms with Crippen LogP contribution in [-0.4, -0.2) is 46.6 Å². The SMILES string of the molecule is CNCCCNC1=NCCC2=C1CC=CN2c1ccc(N(C)C)cc1. The third-order valence-electron chi connectivity index (χ3n) is 4.66. The number of benzene rings is 1. The van der Waals surface area contributed by atoms with E-state index in [1.165, 1.54) is 22.6 Å². The molecule has 25 heavy (non-hydrogen) atoms. The maximum atomic E-state index is 4.74. The van der Waals surface area contributed by atoms with Gasteiger partial charge in [0.05, 0.1) is 0 Å². The Bertz CT molecular complexity index is 670. The zero-order valence-electron chi connectivity index (χ0n) is 15.5. The second kappa shape index (κ2) is 8.21. The van der Waals surface area contributed by atoms with Crippen molar-refractivity contribution in [2.45, 2.75) is 19.3 Å². The van der Waals surface area contributed by atoms with Crippen molar-refractivity contribution in [2.24, 2.45) is 4.99 Å². The Labute approximate surface area is 151 Å². The fourth-order valence-electron chi connectivity index (χ4n) is 3.29. The van der Waals surface area contributed by atoms with Gasteiger partial charge in [0.15, 0.2) is 0 Å². The first-order valence-corrected chi connectivity index (χ1v) is 9.09. The van der Waals surface area contributed by atoms with Crippen LogP contribution in [0.2, 0.25) is 0 Å². The average molecular weight is 339 g/mol. The van der Waals surface area contributed by atoms with Crippen molar-refractivity contribution < 1.29 is 0 Å². The van der Waals surface area contributed by atoms with Crippen molar-refractivity contribution >= 4 is 17.2 Å². The Morgan fingerprint density at radius 3 is 2.68 bits per heavy atom. The fourth-order valence-corrected chi connectivity index (χ4v) is 3.29. The Balaban J connectivity index is 1.77. The Hall–Kier alpha value is -2.27. The standard InChI is InChI=1S/C20H29N5/c1-21-12-5-13-22-20-18-6-4-15-25(19(18)11-14-23-20)17-9-7-16(8-10-17)24(2)3/h4,7-10,15,21H,5-6,11-14H2,1-3H3,(H,22,23). The quantitative estimate of drug-likeness (QED) is 0.782. The minimum absolute atomic E-state index is 0.854. The van der Waals surface area contributed by atoms with Crippen molar-refractivity contribution in [3.63, 3.8) is 0 Å². The molecule has 1 aromatic rings. The molecule has 0 bridgehead atoms. The van der Waals surface area contributed by atoms with E-state index in [9.17, 15) is 0 Å². The molecule has 0 saturated heterocycles. The Kier molecular flexibility index (Phi) is 5.76. The zero-order chi connectivity index (χ0) is 17.6. The summed E-state index contributed by atoms with van der Waals surface area (Å²) in [5, 5.41) is 6.72. The molecule has 1 aromatic carbocycles. The highest BCUT2D eigenvalue weighted by atomic mass is 15.2. The summed E-state index contributed by atoms with van der Waals surface area (Å²) < 4.78 is 0. The monoisotopic (exact) mass is 339 g/mol. The van der Waals surface area contributed by atoms with Crippen molar-refractivity contribution in [3.05, 3.63) is 47.8 Å². The van der Waals surface area contributed by atoms with Crippen molar-refractivity contribution in [2.75, 3.05) is 50.6 Å². The van der Waals surface area contributed by atoms with Crippen LogP contribution in [-0.2, 0) is 0 Å². The summed E-state index contributed by atoms with van der Waals surface area (Å²) in [6.45, 7) is 2.83. The fraction of sp³-hybridized carbons (Fsp3) is 0.450. The highest BCUT2D eigenvalue weighted by Gasteiger charge is 2.23. The number of hydrogen-bond donors (Lipinski definition) is 2. The van der Waals surface area contributed by atoms with Crippen LogP contribution in [0, 0.1) is 0 Å². The van der Waals surface area contributed by atoms with Crippen LogP contribution in [0.4, 0.5) is 11.4 Å². The van der Waals surface area contributed by atoms with Gasteiger partial charge in [0, 0.05) is 62.5 Å². The number of nitrogens with one attached hydrogen (secondary N) is 2. The maximum Gasteiger partial charge on any atom is 0.126 e. The highest BCUT2D eigenvalue weighted by Crippen LogP contribution is 2.32. The maximum absolute atomic E-state index is 4.74. The third-order valence-corrected chi connectivity index (χ3v) is 4.66. The molecule has 0 saturated carbocycles. The van der Waals surface area contributed by atoms with Gasteiger partial charge in [0.25, 0.3) is 0 Å². The molecular weight excluding hydrogens is 310 g/mol. The number of aliphatic imine (C=N–C) groups is 1. The molecule has 3 rings (SSSR count). The number of amidine groups is 1. The van der Waals surface area contributed by atoms with E-state index in [0.29, 0.717) is 0 Å². The smallest absolute Gasteiger partial charge is 0.126 e. The zero-order valence-corrected chi connectivity index (χ0v) is 15.5. The van der Waals surface area contributed by atoms with Gasteiger partial charge in [-0.15, -0.1) is 0 Å². The van der Waals surface area contributed by atoms with E-state index in [1.54, 1.807) is 0 Å². The summed E-state index contributed by atoms with van der Waals surface area (Å²) in [4.78, 5) is 9.18. The van der Waals surface area contributed by atoms with E-state index >= 15 is 0 Å². The van der Waals surface area contributed by atoms with E-state index in [4.69, 9.17) is 4.99 Å². The van der Waals surface area contributed by atoms with Crippen molar-refractivity contribution in [1.29, 1.82) is 0 Å². The van der Waals surface area contributed by atoms with Gasteiger partial charge in [0.2, 0.25) is 0 Å². The van der Waals surface area contributed by atoms with E-state index in [-0.39, 0.29) is 0 Å². The summed E-state index contributed by atoms with van der Waals surface area (Å²) in [7, 11) is 6.13. The molecule has 0 aliphatic carbocycles. The highest BCUT2D eigenvalue weighted by molar-refractivity contribution is 6.01. The summed E-state index contributed by atoms with van der Waals surface area (Å²) in [6, 6.07) is 8.74. The number of nitrogens with zero attached hydrogens (tertiary/aromatic N) is 3. The first-order chi connectivity index (χ1) is 12.2. The second-order valence-electron chi connectivity index (χ2n) is 6.66. The van der Waals surface area contributed by atoms with Crippen LogP contribution in [0.3, 0.4) is 0 Å². The van der Waals surface area contributed by atoms with Crippen LogP contribution >= 0.6 is 0 Å². The summed E-state index contributed by atoms with van der Waals surface area (Å²) in [5.41, 5.74) is 5.16. The van der Waals surface area contributed by atoms with Gasteiger partial charge in [-0.1, -0.05) is 6.08 Å². The van der Waals surface area contributed by atoms with Crippen LogP contribution in [0.25, 0.3) is 0 Å². The molecule has 0 spiro atoms. The summed E-state index contributed by atoms with van der Waals surface area (Å²) >= 11 is 0. The first kappa shape index (κ1) is 17.5. The van der Waals surface area contributed by atoms with Crippen LogP contribution in [0.1, 0.15) is 19.3 Å². The van der Waals surface area contributed by atoms with Gasteiger partial charge in [-0.2, -0.15) is 0 Å². The minimum atomic E-state index is 0.854. The van der Waals surface area contributed by atoms with Crippen molar-refractivity contribution in [3.8, 4) is 0 Å². The van der Waals surface area contributed by atoms with Crippen molar-refractivity contribution in [1.82, 2.24) is 10.6 Å². The lowest BCUT2D eigenvalue weighted by Crippen LogP contribution is -2.35. The second-order valence-corrected chi connectivity index (χ2v) is 6.66. The first-order valence-electron chi connectivity index (χ1n) is 9.09. The normalized spacial score (nSPS) is 16.6. The number of hydrogen-bond acceptors (Lipinski definition) is 5. The number of rotatable bonds is 6. The molecule has 0 aromatic heterocycles.